The number of nitrogens with zero attached hydrogens (tertiary/aromatic N) is 1. The molecule has 0 aliphatic carbocycles. The fraction of sp³-hybridized carbons (Fsp3) is 0. The molecule has 2 aromatic heterocycles. The number of aromatic amines is 3. The predicted octanol–water partition coefficient (Wildman–Crippen LogP) is 0.944. The van der Waals surface area contributed by atoms with Gasteiger partial charge in [-0.15, -0.1) is 0 Å². The Balaban J connectivity index is 2.12. The smallest absolute Gasteiger partial charge is 0.371 e. The predicted molar refractivity (Wildman–Crippen MR) is 63.5 cm³/mol. The summed E-state index contributed by atoms with van der Waals surface area (Å²) in [5, 5.41) is 8.77. The third kappa shape index (κ3) is 1.58. The quantitative estimate of drug-likeness (QED) is 0.537. The Kier molecular flexibility index (Phi) is 2.06. The molecule has 0 unspecified atom stereocenters. The first kappa shape index (κ1) is 10.3. The van der Waals surface area contributed by atoms with Gasteiger partial charge in [0.1, 0.15) is 0 Å². The summed E-state index contributed by atoms with van der Waals surface area (Å²) in [5.74, 6) is -1.23. The second-order valence-corrected chi connectivity index (χ2v) is 3.79. The first-order valence-electron chi connectivity index (χ1n) is 5.14. The van der Waals surface area contributed by atoms with E-state index in [2.05, 4.69) is 19.9 Å². The van der Waals surface area contributed by atoms with E-state index in [4.69, 9.17) is 5.11 Å². The van der Waals surface area contributed by atoms with E-state index in [-0.39, 0.29) is 11.5 Å². The van der Waals surface area contributed by atoms with E-state index in [1.807, 2.05) is 0 Å². The fourth-order valence-electron chi connectivity index (χ4n) is 1.78. The maximum absolute atomic E-state index is 11.1. The van der Waals surface area contributed by atoms with Gasteiger partial charge >= 0.3 is 11.7 Å². The summed E-state index contributed by atoms with van der Waals surface area (Å²) in [5.41, 5.74) is 2.40. The van der Waals surface area contributed by atoms with Crippen molar-refractivity contribution in [1.29, 1.82) is 0 Å². The maximum atomic E-state index is 11.1. The first-order chi connectivity index (χ1) is 8.63. The molecule has 0 radical (unpaired) electrons. The topological polar surface area (TPSA) is 115 Å². The number of benzene rings is 1. The Morgan fingerprint density at radius 3 is 2.67 bits per heavy atom. The van der Waals surface area contributed by atoms with Crippen molar-refractivity contribution in [2.24, 2.45) is 0 Å². The largest absolute Gasteiger partial charge is 0.475 e. The van der Waals surface area contributed by atoms with Crippen LogP contribution in [0.2, 0.25) is 0 Å². The van der Waals surface area contributed by atoms with E-state index in [0.29, 0.717) is 16.7 Å². The number of fused-ring (bicyclic) bond motifs is 1. The molecular weight excluding hydrogens is 236 g/mol. The highest BCUT2D eigenvalue weighted by Gasteiger charge is 2.09. The van der Waals surface area contributed by atoms with Gasteiger partial charge in [0.2, 0.25) is 5.82 Å². The lowest BCUT2D eigenvalue weighted by Crippen LogP contribution is -1.99. The minimum Gasteiger partial charge on any atom is -0.475 e. The molecule has 3 rings (SSSR count). The zero-order chi connectivity index (χ0) is 12.7. The van der Waals surface area contributed by atoms with E-state index in [1.54, 1.807) is 18.2 Å². The molecule has 0 saturated carbocycles. The Hall–Kier alpha value is -2.83. The first-order valence-corrected chi connectivity index (χ1v) is 5.14. The molecule has 0 bridgehead atoms. The van der Waals surface area contributed by atoms with Crippen LogP contribution in [0.1, 0.15) is 10.6 Å². The number of imidazole rings is 2. The number of rotatable bonds is 2. The number of H-pyrrole nitrogens is 3. The number of aromatic carboxylic acids is 1. The number of nitrogens with one attached hydrogen (secondary N) is 3. The molecule has 2 heterocycles. The van der Waals surface area contributed by atoms with Crippen LogP contribution < -0.4 is 5.69 Å². The molecule has 0 amide bonds. The minimum atomic E-state index is -1.11. The Labute approximate surface area is 99.5 Å². The van der Waals surface area contributed by atoms with Gasteiger partial charge in [0, 0.05) is 5.56 Å². The molecule has 3 aromatic rings. The van der Waals surface area contributed by atoms with Crippen LogP contribution in [0.25, 0.3) is 22.3 Å². The summed E-state index contributed by atoms with van der Waals surface area (Å²) >= 11 is 0. The molecule has 0 aliphatic rings. The lowest BCUT2D eigenvalue weighted by Gasteiger charge is -1.97. The van der Waals surface area contributed by atoms with Gasteiger partial charge in [-0.05, 0) is 12.1 Å². The van der Waals surface area contributed by atoms with Crippen molar-refractivity contribution in [2.75, 3.05) is 0 Å². The summed E-state index contributed by atoms with van der Waals surface area (Å²) in [6.07, 6.45) is 1.44. The standard InChI is InChI=1S/C11H8N4O3/c16-10(17)9-12-4-8(13-9)5-1-2-6-7(3-5)15-11(18)14-6/h1-4H,(H,12,13)(H,16,17)(H2,14,15,18). The monoisotopic (exact) mass is 244 g/mol. The van der Waals surface area contributed by atoms with Crippen molar-refractivity contribution in [1.82, 2.24) is 19.9 Å². The van der Waals surface area contributed by atoms with Gasteiger partial charge in [-0.3, -0.25) is 0 Å². The molecule has 0 atom stereocenters. The van der Waals surface area contributed by atoms with Gasteiger partial charge in [0.15, 0.2) is 0 Å². The molecule has 4 N–H and O–H groups in total. The molecule has 7 heteroatoms. The number of carboxylic acid groups (broad SMARTS) is 1. The van der Waals surface area contributed by atoms with Gasteiger partial charge in [0.05, 0.1) is 22.9 Å². The summed E-state index contributed by atoms with van der Waals surface area (Å²) < 4.78 is 0. The minimum absolute atomic E-state index is 0.118. The number of hydrogen-bond donors (Lipinski definition) is 4. The van der Waals surface area contributed by atoms with Gasteiger partial charge in [-0.25, -0.2) is 14.6 Å². The number of carboxylic acids is 1. The van der Waals surface area contributed by atoms with Crippen LogP contribution in [0.3, 0.4) is 0 Å². The van der Waals surface area contributed by atoms with E-state index in [0.717, 1.165) is 5.56 Å². The molecule has 18 heavy (non-hydrogen) atoms. The Morgan fingerprint density at radius 1 is 1.17 bits per heavy atom. The second kappa shape index (κ2) is 3.59. The number of carbonyl (C=O) groups is 1. The van der Waals surface area contributed by atoms with Crippen LogP contribution in [0.4, 0.5) is 0 Å². The molecule has 0 fully saturated rings. The zero-order valence-corrected chi connectivity index (χ0v) is 9.02. The van der Waals surface area contributed by atoms with Crippen molar-refractivity contribution in [3.05, 3.63) is 40.7 Å². The number of hydrogen-bond acceptors (Lipinski definition) is 3. The van der Waals surface area contributed by atoms with Crippen molar-refractivity contribution in [3.63, 3.8) is 0 Å². The summed E-state index contributed by atoms with van der Waals surface area (Å²) in [6, 6.07) is 5.25. The molecule has 0 aliphatic heterocycles. The second-order valence-electron chi connectivity index (χ2n) is 3.79. The molecular formula is C11H8N4O3. The lowest BCUT2D eigenvalue weighted by atomic mass is 10.1. The molecule has 0 saturated heterocycles. The normalized spacial score (nSPS) is 10.9. The molecule has 90 valence electrons. The summed E-state index contributed by atoms with van der Waals surface area (Å²) in [4.78, 5) is 33.5. The molecule has 1 aromatic carbocycles. The highest BCUT2D eigenvalue weighted by molar-refractivity contribution is 5.85. The third-order valence-corrected chi connectivity index (χ3v) is 2.61. The van der Waals surface area contributed by atoms with Crippen molar-refractivity contribution in [3.8, 4) is 11.3 Å². The lowest BCUT2D eigenvalue weighted by molar-refractivity contribution is 0.0685. The summed E-state index contributed by atoms with van der Waals surface area (Å²) in [6.45, 7) is 0. The molecule has 7 nitrogen and oxygen atoms in total. The van der Waals surface area contributed by atoms with Gasteiger partial charge in [-0.2, -0.15) is 0 Å². The van der Waals surface area contributed by atoms with E-state index in [9.17, 15) is 9.59 Å². The SMILES string of the molecule is O=C(O)c1ncc(-c2ccc3[nH]c(=O)[nH]c3c2)[nH]1. The fourth-order valence-corrected chi connectivity index (χ4v) is 1.78. The van der Waals surface area contributed by atoms with Crippen molar-refractivity contribution >= 4 is 17.0 Å². The average molecular weight is 244 g/mol. The van der Waals surface area contributed by atoms with Crippen LogP contribution >= 0.6 is 0 Å². The zero-order valence-electron chi connectivity index (χ0n) is 9.02. The maximum Gasteiger partial charge on any atom is 0.371 e. The van der Waals surface area contributed by atoms with Crippen LogP contribution in [0.15, 0.2) is 29.2 Å². The Morgan fingerprint density at radius 2 is 1.94 bits per heavy atom. The number of aromatic nitrogens is 4. The third-order valence-electron chi connectivity index (χ3n) is 2.61. The molecule has 0 spiro atoms. The highest BCUT2D eigenvalue weighted by Crippen LogP contribution is 2.20. The van der Waals surface area contributed by atoms with E-state index >= 15 is 0 Å². The van der Waals surface area contributed by atoms with Crippen LogP contribution in [-0.4, -0.2) is 31.0 Å². The van der Waals surface area contributed by atoms with E-state index < -0.39 is 5.97 Å². The van der Waals surface area contributed by atoms with Gasteiger partial charge in [-0.1, -0.05) is 6.07 Å². The average Bonchev–Trinajstić information content (AvgIpc) is 2.91. The van der Waals surface area contributed by atoms with Crippen LogP contribution in [0.5, 0.6) is 0 Å². The van der Waals surface area contributed by atoms with Gasteiger partial charge < -0.3 is 20.1 Å². The van der Waals surface area contributed by atoms with Crippen LogP contribution in [0, 0.1) is 0 Å². The van der Waals surface area contributed by atoms with Gasteiger partial charge in [0.25, 0.3) is 0 Å². The van der Waals surface area contributed by atoms with Crippen molar-refractivity contribution in [2.45, 2.75) is 0 Å². The van der Waals surface area contributed by atoms with Crippen LogP contribution in [-0.2, 0) is 0 Å². The van der Waals surface area contributed by atoms with Crippen molar-refractivity contribution < 1.29 is 9.90 Å². The Bertz CT molecular complexity index is 796. The highest BCUT2D eigenvalue weighted by atomic mass is 16.4. The summed E-state index contributed by atoms with van der Waals surface area (Å²) in [7, 11) is 0. The van der Waals surface area contributed by atoms with E-state index in [1.165, 1.54) is 6.20 Å².